The van der Waals surface area contributed by atoms with E-state index in [4.69, 9.17) is 5.11 Å². The van der Waals surface area contributed by atoms with Crippen LogP contribution in [0.2, 0.25) is 0 Å². The fourth-order valence-corrected chi connectivity index (χ4v) is 2.34. The van der Waals surface area contributed by atoms with Crippen LogP contribution in [0.15, 0.2) is 11.6 Å². The summed E-state index contributed by atoms with van der Waals surface area (Å²) in [6, 6.07) is 0. The number of aliphatic carboxylic acids is 1. The number of carbonyl (C=O) groups is 1. The molecule has 1 N–H and O–H groups in total. The molecule has 3 nitrogen and oxygen atoms in total. The van der Waals surface area contributed by atoms with Gasteiger partial charge in [0.2, 0.25) is 0 Å². The van der Waals surface area contributed by atoms with Crippen molar-refractivity contribution in [1.29, 1.82) is 0 Å². The van der Waals surface area contributed by atoms with Gasteiger partial charge in [-0.15, -0.1) is 0 Å². The minimum Gasteiger partial charge on any atom is -0.478 e. The van der Waals surface area contributed by atoms with Gasteiger partial charge in [-0.1, -0.05) is 26.3 Å². The molecule has 1 heterocycles. The summed E-state index contributed by atoms with van der Waals surface area (Å²) in [5.41, 5.74) is 0.541. The molecule has 1 fully saturated rings. The van der Waals surface area contributed by atoms with Crippen molar-refractivity contribution >= 4 is 5.97 Å². The highest BCUT2D eigenvalue weighted by Crippen LogP contribution is 2.20. The second kappa shape index (κ2) is 6.69. The van der Waals surface area contributed by atoms with Crippen LogP contribution in [0.3, 0.4) is 0 Å². The highest BCUT2D eigenvalue weighted by molar-refractivity contribution is 5.86. The third-order valence-electron chi connectivity index (χ3n) is 3.32. The standard InChI is InChI=1S/C13H23NO2/c1-3-5-11-6-8-14(10-11)9-7-12(4-2)13(15)16/h7,11H,3-6,8-10H2,1-2H3,(H,15,16)/b12-7-. The molecule has 0 aromatic rings. The molecule has 0 amide bonds. The molecule has 0 aromatic heterocycles. The van der Waals surface area contributed by atoms with Crippen LogP contribution in [-0.4, -0.2) is 35.6 Å². The molecule has 1 atom stereocenters. The third kappa shape index (κ3) is 3.97. The van der Waals surface area contributed by atoms with E-state index in [-0.39, 0.29) is 0 Å². The Morgan fingerprint density at radius 1 is 1.50 bits per heavy atom. The van der Waals surface area contributed by atoms with Gasteiger partial charge in [-0.3, -0.25) is 4.90 Å². The quantitative estimate of drug-likeness (QED) is 0.706. The Morgan fingerprint density at radius 2 is 2.25 bits per heavy atom. The molecule has 0 bridgehead atoms. The first kappa shape index (κ1) is 13.2. The van der Waals surface area contributed by atoms with Gasteiger partial charge in [0.15, 0.2) is 0 Å². The molecule has 16 heavy (non-hydrogen) atoms. The summed E-state index contributed by atoms with van der Waals surface area (Å²) in [4.78, 5) is 13.2. The Balaban J connectivity index is 2.36. The molecule has 1 aliphatic rings. The van der Waals surface area contributed by atoms with E-state index in [1.54, 1.807) is 0 Å². The molecular weight excluding hydrogens is 202 g/mol. The molecule has 0 radical (unpaired) electrons. The number of nitrogens with zero attached hydrogens (tertiary/aromatic N) is 1. The number of hydrogen-bond donors (Lipinski definition) is 1. The highest BCUT2D eigenvalue weighted by atomic mass is 16.4. The van der Waals surface area contributed by atoms with Gasteiger partial charge in [0.25, 0.3) is 0 Å². The number of rotatable bonds is 6. The summed E-state index contributed by atoms with van der Waals surface area (Å²) in [7, 11) is 0. The Bertz CT molecular complexity index is 261. The van der Waals surface area contributed by atoms with Gasteiger partial charge in [-0.25, -0.2) is 4.79 Å². The van der Waals surface area contributed by atoms with E-state index < -0.39 is 5.97 Å². The van der Waals surface area contributed by atoms with Gasteiger partial charge < -0.3 is 5.11 Å². The number of carboxylic acids is 1. The molecular formula is C13H23NO2. The maximum absolute atomic E-state index is 10.8. The van der Waals surface area contributed by atoms with Gasteiger partial charge >= 0.3 is 5.97 Å². The summed E-state index contributed by atoms with van der Waals surface area (Å²) in [6.45, 7) is 7.18. The minimum atomic E-state index is -0.771. The lowest BCUT2D eigenvalue weighted by atomic mass is 10.0. The van der Waals surface area contributed by atoms with Crippen molar-refractivity contribution in [2.45, 2.75) is 39.5 Å². The van der Waals surface area contributed by atoms with Crippen LogP contribution in [0.25, 0.3) is 0 Å². The monoisotopic (exact) mass is 225 g/mol. The van der Waals surface area contributed by atoms with Gasteiger partial charge in [-0.05, 0) is 31.7 Å². The molecule has 92 valence electrons. The zero-order chi connectivity index (χ0) is 12.0. The number of likely N-dealkylation sites (tertiary alicyclic amines) is 1. The first-order valence-corrected chi connectivity index (χ1v) is 6.32. The first-order chi connectivity index (χ1) is 7.67. The lowest BCUT2D eigenvalue weighted by Gasteiger charge is -2.13. The van der Waals surface area contributed by atoms with E-state index in [0.29, 0.717) is 12.0 Å². The largest absolute Gasteiger partial charge is 0.478 e. The fourth-order valence-electron chi connectivity index (χ4n) is 2.34. The van der Waals surface area contributed by atoms with E-state index >= 15 is 0 Å². The molecule has 0 saturated carbocycles. The van der Waals surface area contributed by atoms with Crippen LogP contribution in [-0.2, 0) is 4.79 Å². The van der Waals surface area contributed by atoms with Crippen molar-refractivity contribution in [2.75, 3.05) is 19.6 Å². The summed E-state index contributed by atoms with van der Waals surface area (Å²) in [5, 5.41) is 8.90. The Hall–Kier alpha value is -0.830. The number of carboxylic acid groups (broad SMARTS) is 1. The van der Waals surface area contributed by atoms with E-state index in [9.17, 15) is 4.79 Å². The summed E-state index contributed by atoms with van der Waals surface area (Å²) in [5.74, 6) is 0.0557. The molecule has 1 aliphatic heterocycles. The van der Waals surface area contributed by atoms with E-state index in [1.165, 1.54) is 19.3 Å². The summed E-state index contributed by atoms with van der Waals surface area (Å²) < 4.78 is 0. The second-order valence-corrected chi connectivity index (χ2v) is 4.59. The average Bonchev–Trinajstić information content (AvgIpc) is 2.67. The van der Waals surface area contributed by atoms with Crippen molar-refractivity contribution < 1.29 is 9.90 Å². The Labute approximate surface area is 98.1 Å². The lowest BCUT2D eigenvalue weighted by molar-refractivity contribution is -0.132. The number of hydrogen-bond acceptors (Lipinski definition) is 2. The van der Waals surface area contributed by atoms with Crippen LogP contribution in [0.5, 0.6) is 0 Å². The second-order valence-electron chi connectivity index (χ2n) is 4.59. The molecule has 1 rings (SSSR count). The van der Waals surface area contributed by atoms with Crippen molar-refractivity contribution in [3.05, 3.63) is 11.6 Å². The van der Waals surface area contributed by atoms with Gasteiger partial charge in [0.1, 0.15) is 0 Å². The van der Waals surface area contributed by atoms with Crippen molar-refractivity contribution in [3.63, 3.8) is 0 Å². The molecule has 3 heteroatoms. The fraction of sp³-hybridized carbons (Fsp3) is 0.769. The van der Waals surface area contributed by atoms with Crippen LogP contribution < -0.4 is 0 Å². The predicted octanol–water partition coefficient (Wildman–Crippen LogP) is 2.53. The molecule has 0 aromatic carbocycles. The van der Waals surface area contributed by atoms with Crippen LogP contribution >= 0.6 is 0 Å². The van der Waals surface area contributed by atoms with Crippen molar-refractivity contribution in [2.24, 2.45) is 5.92 Å². The van der Waals surface area contributed by atoms with Crippen LogP contribution in [0.4, 0.5) is 0 Å². The zero-order valence-corrected chi connectivity index (χ0v) is 10.4. The van der Waals surface area contributed by atoms with E-state index in [2.05, 4.69) is 11.8 Å². The topological polar surface area (TPSA) is 40.5 Å². The summed E-state index contributed by atoms with van der Waals surface area (Å²) >= 11 is 0. The Kier molecular flexibility index (Phi) is 5.53. The van der Waals surface area contributed by atoms with Gasteiger partial charge in [0, 0.05) is 18.7 Å². The summed E-state index contributed by atoms with van der Waals surface area (Å²) in [6.07, 6.45) is 6.32. The minimum absolute atomic E-state index is 0.541. The average molecular weight is 225 g/mol. The first-order valence-electron chi connectivity index (χ1n) is 6.32. The van der Waals surface area contributed by atoms with Gasteiger partial charge in [-0.2, -0.15) is 0 Å². The molecule has 1 saturated heterocycles. The van der Waals surface area contributed by atoms with E-state index in [1.807, 2.05) is 13.0 Å². The van der Waals surface area contributed by atoms with Crippen molar-refractivity contribution in [3.8, 4) is 0 Å². The van der Waals surface area contributed by atoms with Crippen LogP contribution in [0.1, 0.15) is 39.5 Å². The lowest BCUT2D eigenvalue weighted by Crippen LogP contribution is -2.21. The van der Waals surface area contributed by atoms with E-state index in [0.717, 1.165) is 25.6 Å². The smallest absolute Gasteiger partial charge is 0.331 e. The van der Waals surface area contributed by atoms with Crippen LogP contribution in [0, 0.1) is 5.92 Å². The zero-order valence-electron chi connectivity index (χ0n) is 10.4. The van der Waals surface area contributed by atoms with Crippen molar-refractivity contribution in [1.82, 2.24) is 4.90 Å². The molecule has 1 unspecified atom stereocenters. The normalized spacial score (nSPS) is 22.6. The molecule has 0 spiro atoms. The third-order valence-corrected chi connectivity index (χ3v) is 3.32. The van der Waals surface area contributed by atoms with Gasteiger partial charge in [0.05, 0.1) is 0 Å². The SMILES string of the molecule is CCCC1CCN(C/C=C(/CC)C(=O)O)C1. The maximum atomic E-state index is 10.8. The predicted molar refractivity (Wildman–Crippen MR) is 65.5 cm³/mol. The molecule has 0 aliphatic carbocycles. The highest BCUT2D eigenvalue weighted by Gasteiger charge is 2.20. The Morgan fingerprint density at radius 3 is 2.81 bits per heavy atom. The maximum Gasteiger partial charge on any atom is 0.331 e.